The van der Waals surface area contributed by atoms with E-state index in [0.717, 1.165) is 31.6 Å². The molecule has 5 nitrogen and oxygen atoms in total. The van der Waals surface area contributed by atoms with Crippen molar-refractivity contribution in [3.05, 3.63) is 18.3 Å². The van der Waals surface area contributed by atoms with Gasteiger partial charge in [0.05, 0.1) is 11.9 Å². The monoisotopic (exact) mass is 316 g/mol. The number of carbonyl (C=O) groups is 1. The molecule has 0 unspecified atom stereocenters. The van der Waals surface area contributed by atoms with E-state index in [-0.39, 0.29) is 6.03 Å². The Hall–Kier alpha value is -1.78. The Kier molecular flexibility index (Phi) is 5.72. The standard InChI is InChI=1S/C18H28N4O/c23-18(20-15-8-4-3-5-9-15)21-17-11-10-16(14-19-17)22-12-6-1-2-7-13-22/h10-11,14-15H,1-9,12-13H2,(H2,19,20,21,23). The molecule has 0 bridgehead atoms. The van der Waals surface area contributed by atoms with E-state index in [4.69, 9.17) is 0 Å². The fourth-order valence-corrected chi connectivity index (χ4v) is 3.56. The molecule has 1 aliphatic heterocycles. The first-order chi connectivity index (χ1) is 11.3. The van der Waals surface area contributed by atoms with Gasteiger partial charge in [0, 0.05) is 19.1 Å². The highest BCUT2D eigenvalue weighted by Gasteiger charge is 2.16. The molecule has 2 fully saturated rings. The van der Waals surface area contributed by atoms with E-state index >= 15 is 0 Å². The predicted octanol–water partition coefficient (Wildman–Crippen LogP) is 3.92. The van der Waals surface area contributed by atoms with Crippen LogP contribution in [0, 0.1) is 0 Å². The Bertz CT molecular complexity index is 488. The van der Waals surface area contributed by atoms with Gasteiger partial charge in [0.2, 0.25) is 0 Å². The lowest BCUT2D eigenvalue weighted by Gasteiger charge is -2.23. The number of anilines is 2. The lowest BCUT2D eigenvalue weighted by Crippen LogP contribution is -2.39. The fraction of sp³-hybridized carbons (Fsp3) is 0.667. The van der Waals surface area contributed by atoms with Crippen molar-refractivity contribution in [3.63, 3.8) is 0 Å². The third kappa shape index (κ3) is 4.85. The van der Waals surface area contributed by atoms with Crippen LogP contribution in [0.15, 0.2) is 18.3 Å². The zero-order valence-electron chi connectivity index (χ0n) is 13.9. The molecule has 1 aliphatic carbocycles. The van der Waals surface area contributed by atoms with Gasteiger partial charge >= 0.3 is 6.03 Å². The molecule has 1 saturated heterocycles. The van der Waals surface area contributed by atoms with Crippen molar-refractivity contribution in [1.82, 2.24) is 10.3 Å². The lowest BCUT2D eigenvalue weighted by molar-refractivity contribution is 0.244. The van der Waals surface area contributed by atoms with Crippen LogP contribution in [0.1, 0.15) is 57.8 Å². The molecule has 1 aromatic rings. The third-order valence-electron chi connectivity index (χ3n) is 4.90. The molecule has 0 aromatic carbocycles. The van der Waals surface area contributed by atoms with Gasteiger partial charge in [-0.1, -0.05) is 32.1 Å². The molecule has 126 valence electrons. The van der Waals surface area contributed by atoms with Gasteiger partial charge in [0.15, 0.2) is 0 Å². The van der Waals surface area contributed by atoms with Crippen LogP contribution in [0.2, 0.25) is 0 Å². The number of aromatic nitrogens is 1. The first-order valence-electron chi connectivity index (χ1n) is 9.10. The summed E-state index contributed by atoms with van der Waals surface area (Å²) < 4.78 is 0. The first-order valence-corrected chi connectivity index (χ1v) is 9.10. The molecule has 2 heterocycles. The Morgan fingerprint density at radius 1 is 1.00 bits per heavy atom. The summed E-state index contributed by atoms with van der Waals surface area (Å²) in [6, 6.07) is 4.15. The van der Waals surface area contributed by atoms with E-state index in [1.165, 1.54) is 44.9 Å². The highest BCUT2D eigenvalue weighted by molar-refractivity contribution is 5.88. The van der Waals surface area contributed by atoms with Crippen LogP contribution in [0.25, 0.3) is 0 Å². The molecular formula is C18H28N4O. The minimum atomic E-state index is -0.132. The summed E-state index contributed by atoms with van der Waals surface area (Å²) in [4.78, 5) is 18.8. The number of pyridine rings is 1. The molecule has 23 heavy (non-hydrogen) atoms. The molecule has 1 saturated carbocycles. The van der Waals surface area contributed by atoms with E-state index in [1.807, 2.05) is 12.3 Å². The van der Waals surface area contributed by atoms with Crippen molar-refractivity contribution in [2.45, 2.75) is 63.8 Å². The number of rotatable bonds is 3. The van der Waals surface area contributed by atoms with E-state index in [9.17, 15) is 4.79 Å². The SMILES string of the molecule is O=C(Nc1ccc(N2CCCCCC2)cn1)NC1CCCCC1. The number of amides is 2. The smallest absolute Gasteiger partial charge is 0.320 e. The summed E-state index contributed by atoms with van der Waals surface area (Å²) in [6.07, 6.45) is 12.9. The number of hydrogen-bond acceptors (Lipinski definition) is 3. The minimum absolute atomic E-state index is 0.132. The van der Waals surface area contributed by atoms with Gasteiger partial charge in [-0.05, 0) is 37.8 Å². The predicted molar refractivity (Wildman–Crippen MR) is 93.9 cm³/mol. The highest BCUT2D eigenvalue weighted by Crippen LogP contribution is 2.20. The normalized spacial score (nSPS) is 19.9. The largest absolute Gasteiger partial charge is 0.370 e. The molecule has 5 heteroatoms. The van der Waals surface area contributed by atoms with E-state index in [2.05, 4.69) is 26.6 Å². The number of nitrogens with zero attached hydrogens (tertiary/aromatic N) is 2. The van der Waals surface area contributed by atoms with Crippen molar-refractivity contribution in [2.75, 3.05) is 23.3 Å². The molecule has 0 spiro atoms. The average Bonchev–Trinajstić information content (AvgIpc) is 2.86. The second kappa shape index (κ2) is 8.18. The van der Waals surface area contributed by atoms with E-state index in [1.54, 1.807) is 0 Å². The summed E-state index contributed by atoms with van der Waals surface area (Å²) in [6.45, 7) is 2.22. The molecule has 2 aliphatic rings. The number of hydrogen-bond donors (Lipinski definition) is 2. The molecule has 2 N–H and O–H groups in total. The quantitative estimate of drug-likeness (QED) is 0.888. The summed E-state index contributed by atoms with van der Waals surface area (Å²) in [5, 5.41) is 5.91. The molecule has 1 aromatic heterocycles. The Morgan fingerprint density at radius 3 is 2.35 bits per heavy atom. The van der Waals surface area contributed by atoms with Crippen molar-refractivity contribution in [1.29, 1.82) is 0 Å². The van der Waals surface area contributed by atoms with Crippen LogP contribution >= 0.6 is 0 Å². The van der Waals surface area contributed by atoms with Gasteiger partial charge in [-0.3, -0.25) is 5.32 Å². The maximum atomic E-state index is 12.0. The average molecular weight is 316 g/mol. The molecule has 3 rings (SSSR count). The summed E-state index contributed by atoms with van der Waals surface area (Å²) in [7, 11) is 0. The Morgan fingerprint density at radius 2 is 1.70 bits per heavy atom. The topological polar surface area (TPSA) is 57.3 Å². The zero-order chi connectivity index (χ0) is 15.9. The summed E-state index contributed by atoms with van der Waals surface area (Å²) in [5.41, 5.74) is 1.16. The van der Waals surface area contributed by atoms with Crippen molar-refractivity contribution < 1.29 is 4.79 Å². The van der Waals surface area contributed by atoms with Crippen LogP contribution in [-0.2, 0) is 0 Å². The van der Waals surface area contributed by atoms with Crippen molar-refractivity contribution >= 4 is 17.5 Å². The molecule has 2 amide bonds. The molecule has 0 radical (unpaired) electrons. The lowest BCUT2D eigenvalue weighted by atomic mass is 9.96. The van der Waals surface area contributed by atoms with Gasteiger partial charge in [-0.15, -0.1) is 0 Å². The van der Waals surface area contributed by atoms with Gasteiger partial charge in [0.1, 0.15) is 5.82 Å². The maximum Gasteiger partial charge on any atom is 0.320 e. The number of nitrogens with one attached hydrogen (secondary N) is 2. The Balaban J connectivity index is 1.51. The Labute approximate surface area is 138 Å². The minimum Gasteiger partial charge on any atom is -0.370 e. The molecule has 0 atom stereocenters. The van der Waals surface area contributed by atoms with E-state index in [0.29, 0.717) is 11.9 Å². The second-order valence-corrected chi connectivity index (χ2v) is 6.74. The van der Waals surface area contributed by atoms with Gasteiger partial charge in [0.25, 0.3) is 0 Å². The molecular weight excluding hydrogens is 288 g/mol. The summed E-state index contributed by atoms with van der Waals surface area (Å²) in [5.74, 6) is 0.622. The zero-order valence-corrected chi connectivity index (χ0v) is 13.9. The van der Waals surface area contributed by atoms with Crippen molar-refractivity contribution in [2.24, 2.45) is 0 Å². The van der Waals surface area contributed by atoms with Crippen molar-refractivity contribution in [3.8, 4) is 0 Å². The second-order valence-electron chi connectivity index (χ2n) is 6.74. The van der Waals surface area contributed by atoms with E-state index < -0.39 is 0 Å². The van der Waals surface area contributed by atoms with Crippen LogP contribution in [0.4, 0.5) is 16.3 Å². The number of urea groups is 1. The first kappa shape index (κ1) is 16.1. The van der Waals surface area contributed by atoms with Gasteiger partial charge < -0.3 is 10.2 Å². The van der Waals surface area contributed by atoms with Crippen LogP contribution in [0.3, 0.4) is 0 Å². The number of carbonyl (C=O) groups excluding carboxylic acids is 1. The maximum absolute atomic E-state index is 12.0. The third-order valence-corrected chi connectivity index (χ3v) is 4.90. The van der Waals surface area contributed by atoms with Gasteiger partial charge in [-0.25, -0.2) is 9.78 Å². The highest BCUT2D eigenvalue weighted by atomic mass is 16.2. The van der Waals surface area contributed by atoms with Crippen LogP contribution < -0.4 is 15.5 Å². The summed E-state index contributed by atoms with van der Waals surface area (Å²) >= 11 is 0. The fourth-order valence-electron chi connectivity index (χ4n) is 3.56. The van der Waals surface area contributed by atoms with Gasteiger partial charge in [-0.2, -0.15) is 0 Å². The van der Waals surface area contributed by atoms with Crippen LogP contribution in [-0.4, -0.2) is 30.1 Å². The van der Waals surface area contributed by atoms with Crippen LogP contribution in [0.5, 0.6) is 0 Å².